The van der Waals surface area contributed by atoms with Crippen molar-refractivity contribution in [1.82, 2.24) is 10.3 Å². The summed E-state index contributed by atoms with van der Waals surface area (Å²) >= 11 is 7.74. The molecular weight excluding hydrogens is 288 g/mol. The third kappa shape index (κ3) is 4.05. The van der Waals surface area contributed by atoms with E-state index < -0.39 is 0 Å². The number of nitrogens with one attached hydrogen (secondary N) is 1. The van der Waals surface area contributed by atoms with Crippen LogP contribution in [0.2, 0.25) is 5.02 Å². The number of aromatic nitrogens is 1. The molecule has 0 radical (unpaired) electrons. The summed E-state index contributed by atoms with van der Waals surface area (Å²) in [6, 6.07) is 8.23. The molecule has 2 nitrogen and oxygen atoms in total. The molecule has 0 aliphatic heterocycles. The summed E-state index contributed by atoms with van der Waals surface area (Å²) in [5.74, 6) is 0. The average Bonchev–Trinajstić information content (AvgIpc) is 2.84. The normalized spacial score (nSPS) is 13.4. The fraction of sp³-hybridized carbons (Fsp3) is 0.438. The molecule has 4 heteroatoms. The van der Waals surface area contributed by atoms with Crippen molar-refractivity contribution in [2.24, 2.45) is 0 Å². The van der Waals surface area contributed by atoms with E-state index in [-0.39, 0.29) is 11.5 Å². The van der Waals surface area contributed by atoms with Gasteiger partial charge in [-0.15, -0.1) is 11.3 Å². The molecule has 1 heterocycles. The SMILES string of the molecule is CC(NCc1nc(C(C)(C)C)cs1)c1cccc(Cl)c1. The van der Waals surface area contributed by atoms with Crippen LogP contribution in [0.25, 0.3) is 0 Å². The molecule has 0 aliphatic carbocycles. The molecule has 1 atom stereocenters. The first kappa shape index (κ1) is 15.5. The number of rotatable bonds is 4. The maximum Gasteiger partial charge on any atom is 0.107 e. The van der Waals surface area contributed by atoms with Gasteiger partial charge in [0, 0.05) is 28.4 Å². The number of halogens is 1. The third-order valence-electron chi connectivity index (χ3n) is 3.23. The molecule has 2 aromatic rings. The molecule has 1 unspecified atom stereocenters. The lowest BCUT2D eigenvalue weighted by atomic mass is 9.93. The van der Waals surface area contributed by atoms with Crippen LogP contribution in [0.5, 0.6) is 0 Å². The van der Waals surface area contributed by atoms with Crippen molar-refractivity contribution < 1.29 is 0 Å². The van der Waals surface area contributed by atoms with Crippen LogP contribution in [0.1, 0.15) is 50.0 Å². The second kappa shape index (κ2) is 6.25. The highest BCUT2D eigenvalue weighted by Gasteiger charge is 2.17. The standard InChI is InChI=1S/C16H21ClN2S/c1-11(12-6-5-7-13(17)8-12)18-9-15-19-14(10-20-15)16(2,3)4/h5-8,10-11,18H,9H2,1-4H3. The average molecular weight is 309 g/mol. The highest BCUT2D eigenvalue weighted by Crippen LogP contribution is 2.24. The van der Waals surface area contributed by atoms with Gasteiger partial charge in [-0.25, -0.2) is 4.98 Å². The summed E-state index contributed by atoms with van der Waals surface area (Å²) in [4.78, 5) is 4.69. The molecule has 2 rings (SSSR count). The zero-order valence-electron chi connectivity index (χ0n) is 12.4. The van der Waals surface area contributed by atoms with Gasteiger partial charge in [0.05, 0.1) is 5.69 Å². The Morgan fingerprint density at radius 3 is 2.70 bits per heavy atom. The van der Waals surface area contributed by atoms with Gasteiger partial charge in [0.15, 0.2) is 0 Å². The Morgan fingerprint density at radius 1 is 1.35 bits per heavy atom. The number of benzene rings is 1. The Hall–Kier alpha value is -0.900. The number of thiazole rings is 1. The molecule has 0 amide bonds. The summed E-state index contributed by atoms with van der Waals surface area (Å²) in [5, 5.41) is 7.56. The minimum Gasteiger partial charge on any atom is -0.304 e. The molecule has 0 aliphatic rings. The van der Waals surface area contributed by atoms with Crippen LogP contribution in [-0.4, -0.2) is 4.98 Å². The van der Waals surface area contributed by atoms with Gasteiger partial charge in [0.1, 0.15) is 5.01 Å². The molecule has 0 fully saturated rings. The summed E-state index contributed by atoms with van der Waals surface area (Å²) in [6.07, 6.45) is 0. The van der Waals surface area contributed by atoms with Crippen LogP contribution >= 0.6 is 22.9 Å². The molecule has 1 aromatic heterocycles. The molecule has 0 saturated carbocycles. The van der Waals surface area contributed by atoms with Crippen LogP contribution in [-0.2, 0) is 12.0 Å². The Bertz CT molecular complexity index is 572. The highest BCUT2D eigenvalue weighted by molar-refractivity contribution is 7.09. The number of hydrogen-bond donors (Lipinski definition) is 1. The maximum atomic E-state index is 6.02. The zero-order chi connectivity index (χ0) is 14.8. The van der Waals surface area contributed by atoms with Crippen molar-refractivity contribution in [3.63, 3.8) is 0 Å². The molecule has 0 bridgehead atoms. The Kier molecular flexibility index (Phi) is 4.84. The molecule has 1 N–H and O–H groups in total. The third-order valence-corrected chi connectivity index (χ3v) is 4.31. The fourth-order valence-electron chi connectivity index (χ4n) is 1.87. The predicted molar refractivity (Wildman–Crippen MR) is 87.5 cm³/mol. The first-order valence-electron chi connectivity index (χ1n) is 6.80. The molecule has 1 aromatic carbocycles. The summed E-state index contributed by atoms with van der Waals surface area (Å²) in [5.41, 5.74) is 2.48. The van der Waals surface area contributed by atoms with Crippen LogP contribution in [0.4, 0.5) is 0 Å². The largest absolute Gasteiger partial charge is 0.304 e. The Balaban J connectivity index is 1.97. The first-order chi connectivity index (χ1) is 9.36. The van der Waals surface area contributed by atoms with Crippen molar-refractivity contribution in [3.05, 3.63) is 50.9 Å². The number of nitrogens with zero attached hydrogens (tertiary/aromatic N) is 1. The monoisotopic (exact) mass is 308 g/mol. The van der Waals surface area contributed by atoms with E-state index in [0.29, 0.717) is 0 Å². The lowest BCUT2D eigenvalue weighted by molar-refractivity contribution is 0.554. The van der Waals surface area contributed by atoms with E-state index in [0.717, 1.165) is 22.3 Å². The summed E-state index contributed by atoms with van der Waals surface area (Å²) in [6.45, 7) is 9.49. The van der Waals surface area contributed by atoms with Gasteiger partial charge in [0.25, 0.3) is 0 Å². The maximum absolute atomic E-state index is 6.02. The smallest absolute Gasteiger partial charge is 0.107 e. The molecule has 0 saturated heterocycles. The topological polar surface area (TPSA) is 24.9 Å². The van der Waals surface area contributed by atoms with Crippen LogP contribution in [0.15, 0.2) is 29.6 Å². The molecule has 20 heavy (non-hydrogen) atoms. The molecule has 0 spiro atoms. The van der Waals surface area contributed by atoms with Gasteiger partial charge in [-0.1, -0.05) is 44.5 Å². The van der Waals surface area contributed by atoms with E-state index in [2.05, 4.69) is 44.5 Å². The van der Waals surface area contributed by atoms with E-state index in [4.69, 9.17) is 16.6 Å². The van der Waals surface area contributed by atoms with Gasteiger partial charge in [0.2, 0.25) is 0 Å². The van der Waals surface area contributed by atoms with Gasteiger partial charge in [-0.05, 0) is 24.6 Å². The molecule has 108 valence electrons. The fourth-order valence-corrected chi connectivity index (χ4v) is 3.04. The van der Waals surface area contributed by atoms with E-state index in [1.165, 1.54) is 5.56 Å². The zero-order valence-corrected chi connectivity index (χ0v) is 14.0. The van der Waals surface area contributed by atoms with E-state index >= 15 is 0 Å². The highest BCUT2D eigenvalue weighted by atomic mass is 35.5. The van der Waals surface area contributed by atoms with Gasteiger partial charge < -0.3 is 5.32 Å². The Labute approximate surface area is 130 Å². The second-order valence-electron chi connectivity index (χ2n) is 6.03. The van der Waals surface area contributed by atoms with Crippen LogP contribution < -0.4 is 5.32 Å². The van der Waals surface area contributed by atoms with Crippen LogP contribution in [0, 0.1) is 0 Å². The lowest BCUT2D eigenvalue weighted by Crippen LogP contribution is -2.18. The van der Waals surface area contributed by atoms with E-state index in [9.17, 15) is 0 Å². The quantitative estimate of drug-likeness (QED) is 0.865. The predicted octanol–water partition coefficient (Wildman–Crippen LogP) is 4.94. The van der Waals surface area contributed by atoms with Crippen molar-refractivity contribution >= 4 is 22.9 Å². The van der Waals surface area contributed by atoms with Crippen molar-refractivity contribution in [1.29, 1.82) is 0 Å². The lowest BCUT2D eigenvalue weighted by Gasteiger charge is -2.15. The second-order valence-corrected chi connectivity index (χ2v) is 7.41. The minimum atomic E-state index is 0.118. The van der Waals surface area contributed by atoms with Crippen molar-refractivity contribution in [2.75, 3.05) is 0 Å². The number of hydrogen-bond acceptors (Lipinski definition) is 3. The van der Waals surface area contributed by atoms with Crippen LogP contribution in [0.3, 0.4) is 0 Å². The Morgan fingerprint density at radius 2 is 2.10 bits per heavy atom. The van der Waals surface area contributed by atoms with Crippen molar-refractivity contribution in [3.8, 4) is 0 Å². The van der Waals surface area contributed by atoms with Crippen molar-refractivity contribution in [2.45, 2.75) is 45.7 Å². The summed E-state index contributed by atoms with van der Waals surface area (Å²) in [7, 11) is 0. The first-order valence-corrected chi connectivity index (χ1v) is 8.06. The minimum absolute atomic E-state index is 0.118. The van der Waals surface area contributed by atoms with Gasteiger partial charge >= 0.3 is 0 Å². The van der Waals surface area contributed by atoms with E-state index in [1.807, 2.05) is 18.2 Å². The van der Waals surface area contributed by atoms with Gasteiger partial charge in [-0.2, -0.15) is 0 Å². The summed E-state index contributed by atoms with van der Waals surface area (Å²) < 4.78 is 0. The van der Waals surface area contributed by atoms with Gasteiger partial charge in [-0.3, -0.25) is 0 Å². The van der Waals surface area contributed by atoms with E-state index in [1.54, 1.807) is 11.3 Å². The molecular formula is C16H21ClN2S.